The number of rotatable bonds is 0. The van der Waals surface area contributed by atoms with Crippen molar-refractivity contribution >= 4 is 11.0 Å². The van der Waals surface area contributed by atoms with Gasteiger partial charge in [0.05, 0.1) is 5.39 Å². The van der Waals surface area contributed by atoms with Gasteiger partial charge >= 0.3 is 0 Å². The van der Waals surface area contributed by atoms with Crippen molar-refractivity contribution in [3.63, 3.8) is 0 Å². The molecule has 0 aliphatic carbocycles. The highest BCUT2D eigenvalue weighted by Crippen LogP contribution is 2.11. The van der Waals surface area contributed by atoms with Gasteiger partial charge in [-0.2, -0.15) is 0 Å². The fraction of sp³-hybridized carbons (Fsp3) is 0. The first-order chi connectivity index (χ1) is 8.43. The van der Waals surface area contributed by atoms with Crippen LogP contribution in [0.15, 0.2) is 48.9 Å². The highest BCUT2D eigenvalue weighted by molar-refractivity contribution is 5.80. The molecule has 0 saturated carbocycles. The van der Waals surface area contributed by atoms with Gasteiger partial charge in [0.25, 0.3) is 0 Å². The average molecular weight is 219 g/mol. The maximum absolute atomic E-state index is 4.19. The predicted molar refractivity (Wildman–Crippen MR) is 66.3 cm³/mol. The van der Waals surface area contributed by atoms with Crippen LogP contribution in [0.2, 0.25) is 0 Å². The molecule has 17 heavy (non-hydrogen) atoms. The van der Waals surface area contributed by atoms with E-state index in [4.69, 9.17) is 0 Å². The average Bonchev–Trinajstić information content (AvgIpc) is 2.86. The summed E-state index contributed by atoms with van der Waals surface area (Å²) in [5.41, 5.74) is 2.55. The third kappa shape index (κ3) is 1.88. The Morgan fingerprint density at radius 3 is 2.71 bits per heavy atom. The number of H-pyrrole nitrogens is 1. The first-order valence-corrected chi connectivity index (χ1v) is 5.28. The molecule has 0 aliphatic rings. The van der Waals surface area contributed by atoms with Crippen molar-refractivity contribution in [1.29, 1.82) is 0 Å². The van der Waals surface area contributed by atoms with E-state index >= 15 is 0 Å². The molecule has 1 N–H and O–H groups in total. The van der Waals surface area contributed by atoms with Crippen LogP contribution in [0.25, 0.3) is 11.0 Å². The highest BCUT2D eigenvalue weighted by atomic mass is 14.9. The molecule has 0 aliphatic heterocycles. The molecule has 0 fully saturated rings. The summed E-state index contributed by atoms with van der Waals surface area (Å²) in [7, 11) is 0. The molecule has 3 nitrogen and oxygen atoms in total. The lowest BCUT2D eigenvalue weighted by Gasteiger charge is -1.91. The molecule has 2 aromatic heterocycles. The van der Waals surface area contributed by atoms with Gasteiger partial charge < -0.3 is 4.98 Å². The van der Waals surface area contributed by atoms with Crippen molar-refractivity contribution in [2.24, 2.45) is 0 Å². The maximum atomic E-state index is 4.19. The molecular weight excluding hydrogens is 210 g/mol. The smallest absolute Gasteiger partial charge is 0.141 e. The lowest BCUT2D eigenvalue weighted by Crippen LogP contribution is -1.86. The largest absolute Gasteiger partial charge is 0.346 e. The SMILES string of the molecule is C(#Cc1ncnc2[nH]ccc12)c1ccccc1. The Morgan fingerprint density at radius 1 is 0.941 bits per heavy atom. The van der Waals surface area contributed by atoms with Gasteiger partial charge in [0.2, 0.25) is 0 Å². The van der Waals surface area contributed by atoms with Gasteiger partial charge in [0.15, 0.2) is 0 Å². The minimum absolute atomic E-state index is 0.750. The van der Waals surface area contributed by atoms with Crippen molar-refractivity contribution in [1.82, 2.24) is 15.0 Å². The van der Waals surface area contributed by atoms with Crippen LogP contribution < -0.4 is 0 Å². The summed E-state index contributed by atoms with van der Waals surface area (Å²) in [6, 6.07) is 11.8. The van der Waals surface area contributed by atoms with Gasteiger partial charge in [0.1, 0.15) is 17.7 Å². The molecule has 0 amide bonds. The summed E-state index contributed by atoms with van der Waals surface area (Å²) < 4.78 is 0. The van der Waals surface area contributed by atoms with E-state index in [1.807, 2.05) is 42.6 Å². The monoisotopic (exact) mass is 219 g/mol. The van der Waals surface area contributed by atoms with Crippen molar-refractivity contribution in [2.75, 3.05) is 0 Å². The Bertz CT molecular complexity index is 702. The molecule has 0 radical (unpaired) electrons. The fourth-order valence-electron chi connectivity index (χ4n) is 1.62. The molecule has 3 heteroatoms. The van der Waals surface area contributed by atoms with Crippen LogP contribution in [0.1, 0.15) is 11.3 Å². The minimum atomic E-state index is 0.750. The summed E-state index contributed by atoms with van der Waals surface area (Å²) in [5.74, 6) is 6.16. The second-order valence-corrected chi connectivity index (χ2v) is 3.58. The van der Waals surface area contributed by atoms with E-state index in [0.29, 0.717) is 0 Å². The number of hydrogen-bond donors (Lipinski definition) is 1. The Kier molecular flexibility index (Phi) is 2.32. The van der Waals surface area contributed by atoms with E-state index in [-0.39, 0.29) is 0 Å². The zero-order valence-corrected chi connectivity index (χ0v) is 9.01. The number of nitrogens with one attached hydrogen (secondary N) is 1. The van der Waals surface area contributed by atoms with Crippen molar-refractivity contribution in [3.05, 3.63) is 60.2 Å². The lowest BCUT2D eigenvalue weighted by atomic mass is 10.2. The van der Waals surface area contributed by atoms with Crippen LogP contribution in [0.4, 0.5) is 0 Å². The summed E-state index contributed by atoms with van der Waals surface area (Å²) >= 11 is 0. The van der Waals surface area contributed by atoms with Crippen LogP contribution in [0.5, 0.6) is 0 Å². The lowest BCUT2D eigenvalue weighted by molar-refractivity contribution is 1.18. The van der Waals surface area contributed by atoms with E-state index < -0.39 is 0 Å². The van der Waals surface area contributed by atoms with Gasteiger partial charge in [-0.3, -0.25) is 0 Å². The number of benzene rings is 1. The molecule has 3 rings (SSSR count). The van der Waals surface area contributed by atoms with E-state index in [2.05, 4.69) is 26.8 Å². The second-order valence-electron chi connectivity index (χ2n) is 3.58. The second kappa shape index (κ2) is 4.11. The quantitative estimate of drug-likeness (QED) is 0.590. The van der Waals surface area contributed by atoms with Gasteiger partial charge in [-0.15, -0.1) is 0 Å². The summed E-state index contributed by atoms with van der Waals surface area (Å²) in [6.07, 6.45) is 3.36. The molecule has 80 valence electrons. The first-order valence-electron chi connectivity index (χ1n) is 5.28. The van der Waals surface area contributed by atoms with E-state index in [9.17, 15) is 0 Å². The molecule has 0 unspecified atom stereocenters. The third-order valence-electron chi connectivity index (χ3n) is 2.45. The van der Waals surface area contributed by atoms with Crippen molar-refractivity contribution in [3.8, 4) is 11.8 Å². The van der Waals surface area contributed by atoms with Crippen molar-refractivity contribution < 1.29 is 0 Å². The summed E-state index contributed by atoms with van der Waals surface area (Å²) in [6.45, 7) is 0. The molecule has 0 saturated heterocycles. The topological polar surface area (TPSA) is 41.6 Å². The van der Waals surface area contributed by atoms with Crippen LogP contribution >= 0.6 is 0 Å². The van der Waals surface area contributed by atoms with E-state index in [1.54, 1.807) is 0 Å². The zero-order chi connectivity index (χ0) is 11.5. The van der Waals surface area contributed by atoms with Gasteiger partial charge in [-0.1, -0.05) is 24.1 Å². The Morgan fingerprint density at radius 2 is 1.82 bits per heavy atom. The predicted octanol–water partition coefficient (Wildman–Crippen LogP) is 2.36. The molecule has 0 spiro atoms. The Balaban J connectivity index is 2.06. The minimum Gasteiger partial charge on any atom is -0.346 e. The number of fused-ring (bicyclic) bond motifs is 1. The summed E-state index contributed by atoms with van der Waals surface area (Å²) in [5, 5.41) is 0.955. The molecule has 2 heterocycles. The van der Waals surface area contributed by atoms with Crippen LogP contribution in [0, 0.1) is 11.8 Å². The molecule has 0 bridgehead atoms. The number of nitrogens with zero attached hydrogens (tertiary/aromatic N) is 2. The first kappa shape index (κ1) is 9.61. The van der Waals surface area contributed by atoms with Crippen LogP contribution in [-0.4, -0.2) is 15.0 Å². The number of hydrogen-bond acceptors (Lipinski definition) is 2. The molecule has 1 aromatic carbocycles. The fourth-order valence-corrected chi connectivity index (χ4v) is 1.62. The number of aromatic amines is 1. The van der Waals surface area contributed by atoms with Gasteiger partial charge in [-0.05, 0) is 24.1 Å². The normalized spacial score (nSPS) is 9.88. The van der Waals surface area contributed by atoms with Crippen molar-refractivity contribution in [2.45, 2.75) is 0 Å². The van der Waals surface area contributed by atoms with Crippen LogP contribution in [-0.2, 0) is 0 Å². The van der Waals surface area contributed by atoms with Gasteiger partial charge in [0, 0.05) is 11.8 Å². The standard InChI is InChI=1S/C14H9N3/c1-2-4-11(5-3-1)6-7-13-12-8-9-15-14(12)17-10-16-13/h1-5,8-10H,(H,15,16,17). The van der Waals surface area contributed by atoms with Crippen LogP contribution in [0.3, 0.4) is 0 Å². The molecular formula is C14H9N3. The highest BCUT2D eigenvalue weighted by Gasteiger charge is 2.00. The Hall–Kier alpha value is -2.60. The van der Waals surface area contributed by atoms with E-state index in [1.165, 1.54) is 6.33 Å². The third-order valence-corrected chi connectivity index (χ3v) is 2.45. The zero-order valence-electron chi connectivity index (χ0n) is 9.01. The van der Waals surface area contributed by atoms with Gasteiger partial charge in [-0.25, -0.2) is 9.97 Å². The van der Waals surface area contributed by atoms with E-state index in [0.717, 1.165) is 22.3 Å². The molecule has 3 aromatic rings. The summed E-state index contributed by atoms with van der Waals surface area (Å²) in [4.78, 5) is 11.4. The molecule has 0 atom stereocenters. The number of aromatic nitrogens is 3. The Labute approximate surface area is 98.5 Å². The maximum Gasteiger partial charge on any atom is 0.141 e.